The summed E-state index contributed by atoms with van der Waals surface area (Å²) >= 11 is 0. The molecule has 8 heteroatoms. The Labute approximate surface area is 153 Å². The van der Waals surface area contributed by atoms with Gasteiger partial charge in [-0.3, -0.25) is 0 Å². The number of nitrogens with zero attached hydrogens (tertiary/aromatic N) is 1. The van der Waals surface area contributed by atoms with Crippen LogP contribution in [0.3, 0.4) is 0 Å². The van der Waals surface area contributed by atoms with Gasteiger partial charge in [-0.05, 0) is 48.7 Å². The van der Waals surface area contributed by atoms with E-state index in [-0.39, 0.29) is 10.7 Å². The summed E-state index contributed by atoms with van der Waals surface area (Å²) in [5, 5.41) is 11.5. The molecule has 2 rings (SSSR count). The summed E-state index contributed by atoms with van der Waals surface area (Å²) < 4.78 is 35.7. The zero-order valence-corrected chi connectivity index (χ0v) is 15.4. The summed E-state index contributed by atoms with van der Waals surface area (Å²) in [7, 11) is -3.73. The van der Waals surface area contributed by atoms with Crippen molar-refractivity contribution in [2.75, 3.05) is 13.1 Å². The lowest BCUT2D eigenvalue weighted by Gasteiger charge is -2.11. The van der Waals surface area contributed by atoms with Crippen molar-refractivity contribution in [3.8, 4) is 0 Å². The Morgan fingerprint density at radius 2 is 1.85 bits per heavy atom. The lowest BCUT2D eigenvalue weighted by Crippen LogP contribution is -2.38. The molecule has 0 amide bonds. The number of hydrogen-bond donors (Lipinski definition) is 3. The molecule has 4 N–H and O–H groups in total. The molecule has 0 spiro atoms. The molecule has 26 heavy (non-hydrogen) atoms. The molecule has 0 heterocycles. The highest BCUT2D eigenvalue weighted by Crippen LogP contribution is 2.10. The number of nitrogens with two attached hydrogens (primary N) is 1. The lowest BCUT2D eigenvalue weighted by atomic mass is 10.1. The number of nitrogens with one attached hydrogen (secondary N) is 2. The topological polar surface area (TPSA) is 96.6 Å². The first kappa shape index (κ1) is 19.9. The maximum absolute atomic E-state index is 12.9. The molecular weight excluding hydrogens is 355 g/mol. The molecule has 2 aromatic rings. The highest BCUT2D eigenvalue weighted by molar-refractivity contribution is 7.89. The van der Waals surface area contributed by atoms with Crippen LogP contribution in [0.4, 0.5) is 4.39 Å². The summed E-state index contributed by atoms with van der Waals surface area (Å²) in [5.41, 5.74) is 1.77. The van der Waals surface area contributed by atoms with Gasteiger partial charge in [-0.1, -0.05) is 24.3 Å². The van der Waals surface area contributed by atoms with Crippen molar-refractivity contribution in [3.63, 3.8) is 0 Å². The summed E-state index contributed by atoms with van der Waals surface area (Å²) in [6.45, 7) is 3.60. The van der Waals surface area contributed by atoms with Crippen molar-refractivity contribution in [2.24, 2.45) is 10.1 Å². The molecule has 0 aliphatic carbocycles. The van der Waals surface area contributed by atoms with Crippen LogP contribution in [-0.2, 0) is 23.0 Å². The Kier molecular flexibility index (Phi) is 7.11. The standard InChI is InChI=1S/C18H23FN4O2S/c1-2-21-18(22-11-10-14-6-8-16(19)9-7-14)23-13-15-4-3-5-17(12-15)26(20,24)25/h3-9,12H,2,10-11,13H2,1H3,(H2,20,24,25)(H2,21,22,23). The van der Waals surface area contributed by atoms with Crippen LogP contribution in [0.25, 0.3) is 0 Å². The third-order valence-corrected chi connectivity index (χ3v) is 4.52. The van der Waals surface area contributed by atoms with Crippen LogP contribution in [0.1, 0.15) is 18.1 Å². The fourth-order valence-electron chi connectivity index (χ4n) is 2.31. The van der Waals surface area contributed by atoms with E-state index in [2.05, 4.69) is 15.6 Å². The van der Waals surface area contributed by atoms with E-state index >= 15 is 0 Å². The van der Waals surface area contributed by atoms with Crippen molar-refractivity contribution in [1.82, 2.24) is 10.6 Å². The number of guanidine groups is 1. The van der Waals surface area contributed by atoms with Gasteiger partial charge in [0.05, 0.1) is 11.4 Å². The Morgan fingerprint density at radius 1 is 1.12 bits per heavy atom. The molecule has 0 unspecified atom stereocenters. The number of halogens is 1. The van der Waals surface area contributed by atoms with E-state index in [0.717, 1.165) is 17.5 Å². The molecule has 0 radical (unpaired) electrons. The molecule has 0 fully saturated rings. The maximum Gasteiger partial charge on any atom is 0.238 e. The number of rotatable bonds is 7. The first-order valence-corrected chi connectivity index (χ1v) is 9.81. The fraction of sp³-hybridized carbons (Fsp3) is 0.278. The predicted molar refractivity (Wildman–Crippen MR) is 101 cm³/mol. The molecule has 0 aromatic heterocycles. The summed E-state index contributed by atoms with van der Waals surface area (Å²) in [5.74, 6) is 0.369. The minimum atomic E-state index is -3.73. The molecule has 140 valence electrons. The molecule has 2 aromatic carbocycles. The first-order chi connectivity index (χ1) is 12.4. The molecular formula is C18H23FN4O2S. The van der Waals surface area contributed by atoms with E-state index in [4.69, 9.17) is 5.14 Å². The van der Waals surface area contributed by atoms with Crippen LogP contribution in [0, 0.1) is 5.82 Å². The number of aliphatic imine (C=N–C) groups is 1. The van der Waals surface area contributed by atoms with E-state index in [0.29, 0.717) is 25.6 Å². The van der Waals surface area contributed by atoms with Crippen LogP contribution in [-0.4, -0.2) is 27.5 Å². The van der Waals surface area contributed by atoms with Gasteiger partial charge in [-0.25, -0.2) is 22.9 Å². The van der Waals surface area contributed by atoms with Gasteiger partial charge in [0, 0.05) is 13.1 Å². The first-order valence-electron chi connectivity index (χ1n) is 8.27. The second-order valence-electron chi connectivity index (χ2n) is 5.69. The van der Waals surface area contributed by atoms with Crippen LogP contribution >= 0.6 is 0 Å². The average molecular weight is 378 g/mol. The van der Waals surface area contributed by atoms with Gasteiger partial charge in [-0.15, -0.1) is 0 Å². The largest absolute Gasteiger partial charge is 0.357 e. The third-order valence-electron chi connectivity index (χ3n) is 3.61. The number of primary sulfonamides is 1. The molecule has 0 saturated carbocycles. The minimum Gasteiger partial charge on any atom is -0.357 e. The SMILES string of the molecule is CCNC(=NCc1cccc(S(N)(=O)=O)c1)NCCc1ccc(F)cc1. The highest BCUT2D eigenvalue weighted by atomic mass is 32.2. The van der Waals surface area contributed by atoms with Gasteiger partial charge in [0.1, 0.15) is 5.82 Å². The van der Waals surface area contributed by atoms with Crippen molar-refractivity contribution >= 4 is 16.0 Å². The van der Waals surface area contributed by atoms with E-state index in [1.165, 1.54) is 24.3 Å². The van der Waals surface area contributed by atoms with Crippen LogP contribution in [0.15, 0.2) is 58.4 Å². The molecule has 0 bridgehead atoms. The van der Waals surface area contributed by atoms with Gasteiger partial charge in [-0.2, -0.15) is 0 Å². The Balaban J connectivity index is 1.96. The van der Waals surface area contributed by atoms with E-state index < -0.39 is 10.0 Å². The summed E-state index contributed by atoms with van der Waals surface area (Å²) in [4.78, 5) is 4.52. The van der Waals surface area contributed by atoms with Crippen molar-refractivity contribution < 1.29 is 12.8 Å². The molecule has 0 aliphatic heterocycles. The second kappa shape index (κ2) is 9.30. The minimum absolute atomic E-state index is 0.0690. The lowest BCUT2D eigenvalue weighted by molar-refractivity contribution is 0.597. The summed E-state index contributed by atoms with van der Waals surface area (Å²) in [6.07, 6.45) is 0.728. The molecule has 6 nitrogen and oxygen atoms in total. The van der Waals surface area contributed by atoms with Crippen LogP contribution < -0.4 is 15.8 Å². The zero-order chi connectivity index (χ0) is 19.0. The molecule has 0 aliphatic rings. The third kappa shape index (κ3) is 6.45. The van der Waals surface area contributed by atoms with Gasteiger partial charge < -0.3 is 10.6 Å². The average Bonchev–Trinajstić information content (AvgIpc) is 2.61. The van der Waals surface area contributed by atoms with Crippen molar-refractivity contribution in [2.45, 2.75) is 24.8 Å². The monoisotopic (exact) mass is 378 g/mol. The number of sulfonamides is 1. The van der Waals surface area contributed by atoms with Crippen LogP contribution in [0.2, 0.25) is 0 Å². The van der Waals surface area contributed by atoms with E-state index in [9.17, 15) is 12.8 Å². The van der Waals surface area contributed by atoms with Crippen molar-refractivity contribution in [3.05, 3.63) is 65.5 Å². The normalized spacial score (nSPS) is 12.0. The molecule has 0 atom stereocenters. The summed E-state index contributed by atoms with van der Waals surface area (Å²) in [6, 6.07) is 12.8. The maximum atomic E-state index is 12.9. The van der Waals surface area contributed by atoms with Crippen LogP contribution in [0.5, 0.6) is 0 Å². The predicted octanol–water partition coefficient (Wildman–Crippen LogP) is 1.77. The number of hydrogen-bond acceptors (Lipinski definition) is 3. The second-order valence-corrected chi connectivity index (χ2v) is 7.25. The van der Waals surface area contributed by atoms with Gasteiger partial charge in [0.25, 0.3) is 0 Å². The van der Waals surface area contributed by atoms with Gasteiger partial charge >= 0.3 is 0 Å². The van der Waals surface area contributed by atoms with Gasteiger partial charge in [0.15, 0.2) is 5.96 Å². The molecule has 0 saturated heterocycles. The highest BCUT2D eigenvalue weighted by Gasteiger charge is 2.07. The number of benzene rings is 2. The van der Waals surface area contributed by atoms with E-state index in [1.54, 1.807) is 24.3 Å². The Bertz CT molecular complexity index is 852. The van der Waals surface area contributed by atoms with E-state index in [1.807, 2.05) is 6.92 Å². The Morgan fingerprint density at radius 3 is 2.50 bits per heavy atom. The zero-order valence-electron chi connectivity index (χ0n) is 14.6. The smallest absolute Gasteiger partial charge is 0.238 e. The fourth-order valence-corrected chi connectivity index (χ4v) is 2.89. The quantitative estimate of drug-likeness (QED) is 0.505. The van der Waals surface area contributed by atoms with Gasteiger partial charge in [0.2, 0.25) is 10.0 Å². The Hall–Kier alpha value is -2.45. The van der Waals surface area contributed by atoms with Crippen molar-refractivity contribution in [1.29, 1.82) is 0 Å².